The van der Waals surface area contributed by atoms with E-state index in [9.17, 15) is 18.5 Å². The number of non-ortho nitro benzene ring substituents is 1. The van der Waals surface area contributed by atoms with Crippen molar-refractivity contribution in [3.63, 3.8) is 0 Å². The first-order valence-corrected chi connectivity index (χ1v) is 10.2. The second-order valence-corrected chi connectivity index (χ2v) is 7.62. The van der Waals surface area contributed by atoms with E-state index in [2.05, 4.69) is 20.3 Å². The van der Waals surface area contributed by atoms with Gasteiger partial charge in [-0.2, -0.15) is 0 Å². The lowest BCUT2D eigenvalue weighted by Crippen LogP contribution is -2.41. The van der Waals surface area contributed by atoms with Gasteiger partial charge in [-0.15, -0.1) is 24.0 Å². The summed E-state index contributed by atoms with van der Waals surface area (Å²) in [6.07, 6.45) is 0. The Balaban J connectivity index is 0.00000450. The Morgan fingerprint density at radius 3 is 2.43 bits per heavy atom. The van der Waals surface area contributed by atoms with Crippen LogP contribution in [0.4, 0.5) is 5.69 Å². The third-order valence-electron chi connectivity index (χ3n) is 3.89. The van der Waals surface area contributed by atoms with Crippen molar-refractivity contribution in [1.82, 2.24) is 15.4 Å². The predicted octanol–water partition coefficient (Wildman–Crippen LogP) is 1.86. The van der Waals surface area contributed by atoms with E-state index in [1.54, 1.807) is 14.2 Å². The number of nitrogens with one attached hydrogen (secondary N) is 3. The first kappa shape index (κ1) is 25.6. The summed E-state index contributed by atoms with van der Waals surface area (Å²) in [5, 5.41) is 16.9. The fourth-order valence-electron chi connectivity index (χ4n) is 2.36. The molecular weight excluding hydrogens is 525 g/mol. The fourth-order valence-corrected chi connectivity index (χ4v) is 3.43. The molecule has 2 rings (SSSR count). The Morgan fingerprint density at radius 2 is 1.83 bits per heavy atom. The van der Waals surface area contributed by atoms with E-state index in [4.69, 9.17) is 4.74 Å². The maximum atomic E-state index is 12.3. The minimum Gasteiger partial charge on any atom is -0.497 e. The predicted molar refractivity (Wildman–Crippen MR) is 125 cm³/mol. The molecule has 0 amide bonds. The highest BCUT2D eigenvalue weighted by atomic mass is 127. The number of halogens is 1. The minimum absolute atomic E-state index is 0. The zero-order valence-corrected chi connectivity index (χ0v) is 19.6. The molecule has 2 aromatic rings. The van der Waals surface area contributed by atoms with E-state index in [0.29, 0.717) is 12.5 Å². The Kier molecular flexibility index (Phi) is 10.5. The third kappa shape index (κ3) is 7.76. The molecule has 0 aliphatic carbocycles. The van der Waals surface area contributed by atoms with Gasteiger partial charge in [0.15, 0.2) is 5.96 Å². The maximum absolute atomic E-state index is 12.3. The van der Waals surface area contributed by atoms with Crippen molar-refractivity contribution < 1.29 is 18.1 Å². The van der Waals surface area contributed by atoms with E-state index in [1.807, 2.05) is 24.3 Å². The number of hydrogen-bond acceptors (Lipinski definition) is 6. The Labute approximate surface area is 192 Å². The maximum Gasteiger partial charge on any atom is 0.270 e. The van der Waals surface area contributed by atoms with Crippen LogP contribution in [-0.2, 0) is 16.6 Å². The third-order valence-corrected chi connectivity index (χ3v) is 5.35. The highest BCUT2D eigenvalue weighted by molar-refractivity contribution is 14.0. The molecule has 0 saturated carbocycles. The van der Waals surface area contributed by atoms with Crippen molar-refractivity contribution in [2.75, 3.05) is 27.2 Å². The number of hydrogen-bond donors (Lipinski definition) is 3. The van der Waals surface area contributed by atoms with Gasteiger partial charge in [-0.05, 0) is 23.8 Å². The molecule has 10 nitrogen and oxygen atoms in total. The van der Waals surface area contributed by atoms with Crippen LogP contribution in [0.3, 0.4) is 0 Å². The van der Waals surface area contributed by atoms with Gasteiger partial charge in [0.1, 0.15) is 5.75 Å². The van der Waals surface area contributed by atoms with Crippen LogP contribution in [0.5, 0.6) is 5.75 Å². The highest BCUT2D eigenvalue weighted by Gasteiger charge is 2.17. The molecule has 0 fully saturated rings. The van der Waals surface area contributed by atoms with Gasteiger partial charge in [0, 0.05) is 38.8 Å². The molecule has 30 heavy (non-hydrogen) atoms. The first-order valence-electron chi connectivity index (χ1n) is 8.67. The summed E-state index contributed by atoms with van der Waals surface area (Å²) in [7, 11) is -0.638. The first-order chi connectivity index (χ1) is 13.9. The van der Waals surface area contributed by atoms with Crippen molar-refractivity contribution in [2.24, 2.45) is 4.99 Å². The zero-order valence-electron chi connectivity index (χ0n) is 16.5. The van der Waals surface area contributed by atoms with Gasteiger partial charge in [-0.1, -0.05) is 18.2 Å². The SMILES string of the molecule is CN=C(NCCNS(=O)(=O)c1cccc([N+](=O)[O-])c1)NCc1ccc(OC)cc1.I. The molecule has 0 unspecified atom stereocenters. The van der Waals surface area contributed by atoms with E-state index < -0.39 is 14.9 Å². The quantitative estimate of drug-likeness (QED) is 0.109. The van der Waals surface area contributed by atoms with Crippen molar-refractivity contribution in [2.45, 2.75) is 11.4 Å². The standard InChI is InChI=1S/C18H23N5O5S.HI/c1-19-18(21-13-14-6-8-16(28-2)9-7-14)20-10-11-22-29(26,27)17-5-3-4-15(12-17)23(24)25;/h3-9,12,22H,10-11,13H2,1-2H3,(H2,19,20,21);1H. The van der Waals surface area contributed by atoms with Gasteiger partial charge < -0.3 is 15.4 Å². The van der Waals surface area contributed by atoms with E-state index in [0.717, 1.165) is 17.4 Å². The lowest BCUT2D eigenvalue weighted by molar-refractivity contribution is -0.385. The lowest BCUT2D eigenvalue weighted by Gasteiger charge is -2.13. The van der Waals surface area contributed by atoms with Crippen LogP contribution in [0.2, 0.25) is 0 Å². The molecule has 0 aromatic heterocycles. The van der Waals surface area contributed by atoms with E-state index in [1.165, 1.54) is 18.2 Å². The molecule has 0 radical (unpaired) electrons. The number of rotatable bonds is 9. The van der Waals surface area contributed by atoms with Crippen LogP contribution in [0.1, 0.15) is 5.56 Å². The molecule has 0 aliphatic rings. The number of nitro groups is 1. The van der Waals surface area contributed by atoms with Gasteiger partial charge >= 0.3 is 0 Å². The van der Waals surface area contributed by atoms with Crippen molar-refractivity contribution >= 4 is 45.6 Å². The fraction of sp³-hybridized carbons (Fsp3) is 0.278. The molecule has 0 saturated heterocycles. The number of ether oxygens (including phenoxy) is 1. The summed E-state index contributed by atoms with van der Waals surface area (Å²) in [6.45, 7) is 0.883. The van der Waals surface area contributed by atoms with Gasteiger partial charge in [-0.25, -0.2) is 13.1 Å². The summed E-state index contributed by atoms with van der Waals surface area (Å²) in [5.41, 5.74) is 0.745. The smallest absolute Gasteiger partial charge is 0.270 e. The Morgan fingerprint density at radius 1 is 1.13 bits per heavy atom. The molecule has 0 bridgehead atoms. The van der Waals surface area contributed by atoms with Crippen LogP contribution in [-0.4, -0.2) is 46.5 Å². The number of guanidine groups is 1. The molecule has 0 aliphatic heterocycles. The molecular formula is C18H24IN5O5S. The molecule has 2 aromatic carbocycles. The van der Waals surface area contributed by atoms with E-state index in [-0.39, 0.29) is 47.6 Å². The second-order valence-electron chi connectivity index (χ2n) is 5.85. The van der Waals surface area contributed by atoms with Crippen LogP contribution in [0.25, 0.3) is 0 Å². The minimum atomic E-state index is -3.85. The van der Waals surface area contributed by atoms with Crippen molar-refractivity contribution in [3.05, 3.63) is 64.2 Å². The number of aliphatic imine (C=N–C) groups is 1. The topological polar surface area (TPSA) is 135 Å². The van der Waals surface area contributed by atoms with Gasteiger partial charge in [-0.3, -0.25) is 15.1 Å². The summed E-state index contributed by atoms with van der Waals surface area (Å²) in [6, 6.07) is 12.4. The lowest BCUT2D eigenvalue weighted by atomic mass is 10.2. The van der Waals surface area contributed by atoms with E-state index >= 15 is 0 Å². The summed E-state index contributed by atoms with van der Waals surface area (Å²) >= 11 is 0. The Hall–Kier alpha value is -2.45. The number of methoxy groups -OCH3 is 1. The Bertz CT molecular complexity index is 967. The van der Waals surface area contributed by atoms with Crippen molar-refractivity contribution in [1.29, 1.82) is 0 Å². The summed E-state index contributed by atoms with van der Waals surface area (Å²) < 4.78 is 32.0. The summed E-state index contributed by atoms with van der Waals surface area (Å²) in [5.74, 6) is 1.28. The molecule has 0 atom stereocenters. The number of nitro benzene ring substituents is 1. The molecule has 3 N–H and O–H groups in total. The average Bonchev–Trinajstić information content (AvgIpc) is 2.73. The highest BCUT2D eigenvalue weighted by Crippen LogP contribution is 2.16. The molecule has 164 valence electrons. The number of nitrogens with zero attached hydrogens (tertiary/aromatic N) is 2. The average molecular weight is 549 g/mol. The van der Waals surface area contributed by atoms with Crippen LogP contribution in [0.15, 0.2) is 58.4 Å². The molecule has 0 heterocycles. The number of sulfonamides is 1. The molecule has 12 heteroatoms. The second kappa shape index (κ2) is 12.3. The number of benzene rings is 2. The molecule has 0 spiro atoms. The summed E-state index contributed by atoms with van der Waals surface area (Å²) in [4.78, 5) is 14.1. The monoisotopic (exact) mass is 549 g/mol. The van der Waals surface area contributed by atoms with Crippen molar-refractivity contribution in [3.8, 4) is 5.75 Å². The van der Waals surface area contributed by atoms with Gasteiger partial charge in [0.05, 0.1) is 16.9 Å². The van der Waals surface area contributed by atoms with Gasteiger partial charge in [0.25, 0.3) is 5.69 Å². The normalized spacial score (nSPS) is 11.3. The zero-order chi connectivity index (χ0) is 21.3. The van der Waals surface area contributed by atoms with Crippen LogP contribution >= 0.6 is 24.0 Å². The van der Waals surface area contributed by atoms with Crippen LogP contribution < -0.4 is 20.1 Å². The largest absolute Gasteiger partial charge is 0.497 e. The van der Waals surface area contributed by atoms with Crippen LogP contribution in [0, 0.1) is 10.1 Å². The van der Waals surface area contributed by atoms with Gasteiger partial charge in [0.2, 0.25) is 10.0 Å².